The van der Waals surface area contributed by atoms with E-state index in [1.807, 2.05) is 0 Å². The third-order valence-electron chi connectivity index (χ3n) is 3.65. The molecule has 0 fully saturated rings. The molecule has 0 radical (unpaired) electrons. The van der Waals surface area contributed by atoms with Crippen molar-refractivity contribution in [2.75, 3.05) is 0 Å². The fourth-order valence-corrected chi connectivity index (χ4v) is 3.12. The fraction of sp³-hybridized carbons (Fsp3) is 0.462. The van der Waals surface area contributed by atoms with Gasteiger partial charge in [0.15, 0.2) is 5.69 Å². The van der Waals surface area contributed by atoms with Crippen molar-refractivity contribution in [1.82, 2.24) is 9.71 Å². The van der Waals surface area contributed by atoms with Gasteiger partial charge in [0.2, 0.25) is 10.0 Å². The van der Waals surface area contributed by atoms with Crippen molar-refractivity contribution < 1.29 is 18.3 Å². The summed E-state index contributed by atoms with van der Waals surface area (Å²) in [6.07, 6.45) is 1.31. The van der Waals surface area contributed by atoms with Gasteiger partial charge in [0.25, 0.3) is 0 Å². The number of carboxylic acid groups (broad SMARTS) is 1. The zero-order valence-corrected chi connectivity index (χ0v) is 13.0. The van der Waals surface area contributed by atoms with E-state index in [2.05, 4.69) is 9.71 Å². The highest BCUT2D eigenvalue weighted by molar-refractivity contribution is 7.89. The predicted octanol–water partition coefficient (Wildman–Crippen LogP) is 1.12. The molecule has 0 spiro atoms. The van der Waals surface area contributed by atoms with Gasteiger partial charge in [-0.2, -0.15) is 5.26 Å². The maximum atomic E-state index is 12.4. The van der Waals surface area contributed by atoms with Crippen molar-refractivity contribution in [2.45, 2.75) is 38.1 Å². The van der Waals surface area contributed by atoms with Crippen LogP contribution in [0.4, 0.5) is 0 Å². The molecule has 0 atom stereocenters. The molecule has 0 aliphatic carbocycles. The van der Waals surface area contributed by atoms with Crippen LogP contribution in [0, 0.1) is 16.7 Å². The number of nitrogens with zero attached hydrogens (tertiary/aromatic N) is 2. The molecule has 0 bridgehead atoms. The molecule has 1 aromatic heterocycles. The summed E-state index contributed by atoms with van der Waals surface area (Å²) in [6.45, 7) is 5.79. The summed E-state index contributed by atoms with van der Waals surface area (Å²) in [5.41, 5.74) is -2.87. The Morgan fingerprint density at radius 1 is 1.38 bits per heavy atom. The molecule has 0 aliphatic heterocycles. The van der Waals surface area contributed by atoms with E-state index >= 15 is 0 Å². The maximum Gasteiger partial charge on any atom is 0.310 e. The molecule has 2 N–H and O–H groups in total. The Hall–Kier alpha value is -1.98. The lowest BCUT2D eigenvalue weighted by Gasteiger charge is -2.38. The first-order valence-corrected chi connectivity index (χ1v) is 7.56. The van der Waals surface area contributed by atoms with E-state index in [9.17, 15) is 18.3 Å². The van der Waals surface area contributed by atoms with E-state index in [1.165, 1.54) is 46.0 Å². The Bertz CT molecular complexity index is 702. The zero-order chi connectivity index (χ0) is 16.5. The lowest BCUT2D eigenvalue weighted by atomic mass is 9.75. The van der Waals surface area contributed by atoms with Crippen molar-refractivity contribution in [3.63, 3.8) is 0 Å². The number of nitriles is 1. The molecule has 8 heteroatoms. The molecule has 0 amide bonds. The van der Waals surface area contributed by atoms with Crippen molar-refractivity contribution in [2.24, 2.45) is 5.41 Å². The van der Waals surface area contributed by atoms with Gasteiger partial charge in [-0.15, -0.1) is 0 Å². The van der Waals surface area contributed by atoms with Gasteiger partial charge < -0.3 is 5.11 Å². The van der Waals surface area contributed by atoms with Gasteiger partial charge in [-0.05, 0) is 39.8 Å². The number of hydrogen-bond acceptors (Lipinski definition) is 5. The van der Waals surface area contributed by atoms with E-state index in [0.29, 0.717) is 0 Å². The second-order valence-corrected chi connectivity index (χ2v) is 7.27. The highest BCUT2D eigenvalue weighted by atomic mass is 32.2. The van der Waals surface area contributed by atoms with Crippen LogP contribution in [0.3, 0.4) is 0 Å². The smallest absolute Gasteiger partial charge is 0.310 e. The van der Waals surface area contributed by atoms with Gasteiger partial charge in [0, 0.05) is 11.7 Å². The zero-order valence-electron chi connectivity index (χ0n) is 12.2. The lowest BCUT2D eigenvalue weighted by Crippen LogP contribution is -2.56. The van der Waals surface area contributed by atoms with Crippen LogP contribution < -0.4 is 4.72 Å². The van der Waals surface area contributed by atoms with E-state index in [0.717, 1.165) is 0 Å². The van der Waals surface area contributed by atoms with E-state index in [4.69, 9.17) is 5.26 Å². The summed E-state index contributed by atoms with van der Waals surface area (Å²) in [5.74, 6) is -1.14. The summed E-state index contributed by atoms with van der Waals surface area (Å²) in [4.78, 5) is 14.7. The van der Waals surface area contributed by atoms with Gasteiger partial charge in [-0.3, -0.25) is 4.79 Å². The van der Waals surface area contributed by atoms with Gasteiger partial charge in [0.05, 0.1) is 5.41 Å². The highest BCUT2D eigenvalue weighted by Gasteiger charge is 2.46. The fourth-order valence-electron chi connectivity index (χ4n) is 1.48. The molecule has 0 saturated heterocycles. The molecule has 0 aromatic carbocycles. The van der Waals surface area contributed by atoms with Crippen LogP contribution >= 0.6 is 0 Å². The molecule has 1 rings (SSSR count). The number of pyridine rings is 1. The van der Waals surface area contributed by atoms with Crippen LogP contribution in [0.25, 0.3) is 0 Å². The van der Waals surface area contributed by atoms with E-state index in [-0.39, 0.29) is 10.6 Å². The van der Waals surface area contributed by atoms with Crippen molar-refractivity contribution in [3.05, 3.63) is 24.0 Å². The van der Waals surface area contributed by atoms with Crippen molar-refractivity contribution in [3.8, 4) is 6.07 Å². The van der Waals surface area contributed by atoms with Crippen molar-refractivity contribution in [1.29, 1.82) is 5.26 Å². The van der Waals surface area contributed by atoms with Crippen LogP contribution in [-0.2, 0) is 14.8 Å². The number of sulfonamides is 1. The van der Waals surface area contributed by atoms with Gasteiger partial charge in [-0.25, -0.2) is 18.1 Å². The van der Waals surface area contributed by atoms with Crippen LogP contribution in [0.2, 0.25) is 0 Å². The molecule has 7 nitrogen and oxygen atoms in total. The molecular weight excluding hydrogens is 294 g/mol. The predicted molar refractivity (Wildman–Crippen MR) is 74.8 cm³/mol. The molecule has 114 valence electrons. The second-order valence-electron chi connectivity index (χ2n) is 5.62. The maximum absolute atomic E-state index is 12.4. The Morgan fingerprint density at radius 2 is 1.95 bits per heavy atom. The Labute approximate surface area is 123 Å². The molecule has 0 saturated carbocycles. The minimum absolute atomic E-state index is 0.242. The number of hydrogen-bond donors (Lipinski definition) is 2. The summed E-state index contributed by atoms with van der Waals surface area (Å²) < 4.78 is 27.1. The monoisotopic (exact) mass is 311 g/mol. The Kier molecular flexibility index (Phi) is 4.41. The summed E-state index contributed by atoms with van der Waals surface area (Å²) in [7, 11) is -4.08. The average Bonchev–Trinajstić information content (AvgIpc) is 2.37. The quantitative estimate of drug-likeness (QED) is 0.840. The van der Waals surface area contributed by atoms with Gasteiger partial charge in [0.1, 0.15) is 11.0 Å². The average molecular weight is 311 g/mol. The van der Waals surface area contributed by atoms with E-state index < -0.39 is 26.9 Å². The first-order valence-electron chi connectivity index (χ1n) is 6.08. The third kappa shape index (κ3) is 3.20. The molecule has 0 unspecified atom stereocenters. The Balaban J connectivity index is 3.29. The Morgan fingerprint density at radius 3 is 2.43 bits per heavy atom. The van der Waals surface area contributed by atoms with Crippen LogP contribution in [0.1, 0.15) is 33.4 Å². The molecule has 1 heterocycles. The van der Waals surface area contributed by atoms with E-state index in [1.54, 1.807) is 6.07 Å². The highest BCUT2D eigenvalue weighted by Crippen LogP contribution is 2.32. The molecule has 0 aliphatic rings. The minimum atomic E-state index is -4.08. The van der Waals surface area contributed by atoms with Crippen LogP contribution in [0.15, 0.2) is 23.2 Å². The number of nitrogens with one attached hydrogen (secondary N) is 1. The van der Waals surface area contributed by atoms with Crippen molar-refractivity contribution >= 4 is 16.0 Å². The number of carboxylic acids is 1. The molecule has 1 aromatic rings. The standard InChI is InChI=1S/C13H17N3O4S/c1-12(2,11(17)18)13(3,4)16-21(19,20)10-6-5-7-15-9(10)8-14/h5-7,16H,1-4H3,(H,17,18). The topological polar surface area (TPSA) is 120 Å². The minimum Gasteiger partial charge on any atom is -0.481 e. The summed E-state index contributed by atoms with van der Waals surface area (Å²) >= 11 is 0. The summed E-state index contributed by atoms with van der Waals surface area (Å²) in [5, 5.41) is 18.2. The van der Waals surface area contributed by atoms with Crippen LogP contribution in [-0.4, -0.2) is 30.0 Å². The first-order chi connectivity index (χ1) is 9.45. The number of aliphatic carboxylic acids is 1. The number of carbonyl (C=O) groups is 1. The normalized spacial score (nSPS) is 12.7. The number of rotatable bonds is 5. The summed E-state index contributed by atoms with van der Waals surface area (Å²) in [6, 6.07) is 4.34. The number of aromatic nitrogens is 1. The SMILES string of the molecule is CC(C)(NS(=O)(=O)c1cccnc1C#N)C(C)(C)C(=O)O. The molecule has 21 heavy (non-hydrogen) atoms. The second kappa shape index (κ2) is 5.42. The first kappa shape index (κ1) is 17.1. The van der Waals surface area contributed by atoms with Gasteiger partial charge in [-0.1, -0.05) is 0 Å². The largest absolute Gasteiger partial charge is 0.481 e. The molecular formula is C13H17N3O4S. The van der Waals surface area contributed by atoms with Gasteiger partial charge >= 0.3 is 5.97 Å². The lowest BCUT2D eigenvalue weighted by molar-refractivity contribution is -0.150. The van der Waals surface area contributed by atoms with Crippen LogP contribution in [0.5, 0.6) is 0 Å². The third-order valence-corrected chi connectivity index (χ3v) is 5.34.